The van der Waals surface area contributed by atoms with Crippen molar-refractivity contribution in [2.75, 3.05) is 39.5 Å². The molecule has 0 aliphatic carbocycles. The van der Waals surface area contributed by atoms with Crippen LogP contribution in [0.5, 0.6) is 0 Å². The number of nitrogens with two attached hydrogens (primary N) is 3. The van der Waals surface area contributed by atoms with Crippen LogP contribution in [-0.2, 0) is 21.7 Å². The Morgan fingerprint density at radius 1 is 0.615 bits per heavy atom. The maximum absolute atomic E-state index is 9.17. The molecule has 0 saturated carbocycles. The first-order valence-electron chi connectivity index (χ1n) is 3.59. The van der Waals surface area contributed by atoms with E-state index in [1.54, 1.807) is 0 Å². The molecule has 13 heavy (non-hydrogen) atoms. The van der Waals surface area contributed by atoms with Gasteiger partial charge in [-0.25, -0.2) is 0 Å². The fourth-order valence-corrected chi connectivity index (χ4v) is 0. The number of rotatable bonds is 3. The molecule has 0 aromatic heterocycles. The molecule has 0 amide bonds. The van der Waals surface area contributed by atoms with E-state index >= 15 is 0 Å². The Kier molecular flexibility index (Phi) is 70.4. The van der Waals surface area contributed by atoms with E-state index in [-0.39, 0.29) is 61.2 Å². The maximum atomic E-state index is 9.17. The summed E-state index contributed by atoms with van der Waals surface area (Å²) in [6.07, 6.45) is 0. The van der Waals surface area contributed by atoms with E-state index in [1.807, 2.05) is 0 Å². The van der Waals surface area contributed by atoms with E-state index in [1.165, 1.54) is 0 Å². The fraction of sp³-hybridized carbons (Fsp3) is 1.00. The molecule has 0 unspecified atom stereocenters. The van der Waals surface area contributed by atoms with Gasteiger partial charge in [0.25, 0.3) is 0 Å². The van der Waals surface area contributed by atoms with Gasteiger partial charge in [0, 0.05) is 0 Å². The molecule has 0 aromatic rings. The minimum atomic E-state index is -0.153. The molecule has 0 heterocycles. The Labute approximate surface area is 94.0 Å². The van der Waals surface area contributed by atoms with Gasteiger partial charge in [-0.15, -0.1) is 19.8 Å². The zero-order valence-electron chi connectivity index (χ0n) is 7.70. The molecule has 1 radical (unpaired) electrons. The summed E-state index contributed by atoms with van der Waals surface area (Å²) in [5.41, 5.74) is 14.1. The van der Waals surface area contributed by atoms with Crippen LogP contribution in [0.25, 0.3) is 0 Å². The molecule has 0 fully saturated rings. The predicted molar refractivity (Wildman–Crippen MR) is 41.8 cm³/mol. The molecule has 0 aliphatic rings. The first-order chi connectivity index (χ1) is 5.74. The number of hydrogen-bond donors (Lipinski definition) is 3. The van der Waals surface area contributed by atoms with Crippen LogP contribution in [0.2, 0.25) is 0 Å². The van der Waals surface area contributed by atoms with Gasteiger partial charge in [-0.1, -0.05) is 0 Å². The quantitative estimate of drug-likeness (QED) is 0.411. The summed E-state index contributed by atoms with van der Waals surface area (Å²) < 4.78 is 0. The van der Waals surface area contributed by atoms with Crippen LogP contribution < -0.4 is 32.5 Å². The molecule has 79 valence electrons. The van der Waals surface area contributed by atoms with E-state index in [0.717, 1.165) is 0 Å². The second kappa shape index (κ2) is 39.2. The molecule has 0 saturated heterocycles. The second-order valence-electron chi connectivity index (χ2n) is 1.48. The largest absolute Gasteiger partial charge is 3.00 e. The topological polar surface area (TPSA) is 147 Å². The van der Waals surface area contributed by atoms with Crippen molar-refractivity contribution in [2.24, 2.45) is 17.2 Å². The van der Waals surface area contributed by atoms with Crippen molar-refractivity contribution < 1.29 is 37.0 Å². The zero-order chi connectivity index (χ0) is 10.2. The van der Waals surface area contributed by atoms with Gasteiger partial charge >= 0.3 is 21.7 Å². The summed E-state index contributed by atoms with van der Waals surface area (Å²) in [5, 5.41) is 27.5. The van der Waals surface area contributed by atoms with Crippen LogP contribution in [0, 0.1) is 0 Å². The van der Waals surface area contributed by atoms with Gasteiger partial charge in [0.2, 0.25) is 0 Å². The average Bonchev–Trinajstić information content (AvgIpc) is 2.18. The molecule has 0 spiro atoms. The molecule has 0 rings (SSSR count). The normalized spacial score (nSPS) is 6.92. The molecule has 0 aromatic carbocycles. The Balaban J connectivity index is -0.0000000450. The maximum Gasteiger partial charge on any atom is 3.00 e. The van der Waals surface area contributed by atoms with E-state index < -0.39 is 0 Å². The standard InChI is InChI=1S/3C2H6NO.Ti/c3*3-1-2-4;/h3*1-3H2;/q3*-1;+3. The van der Waals surface area contributed by atoms with E-state index in [4.69, 9.17) is 17.2 Å². The van der Waals surface area contributed by atoms with Crippen LogP contribution in [0.3, 0.4) is 0 Å². The van der Waals surface area contributed by atoms with Crippen molar-refractivity contribution in [2.45, 2.75) is 0 Å². The van der Waals surface area contributed by atoms with Gasteiger partial charge in [0.05, 0.1) is 0 Å². The molecule has 0 atom stereocenters. The van der Waals surface area contributed by atoms with Gasteiger partial charge in [0.15, 0.2) is 0 Å². The predicted octanol–water partition coefficient (Wildman–Crippen LogP) is -5.09. The smallest absolute Gasteiger partial charge is 0.854 e. The van der Waals surface area contributed by atoms with Crippen molar-refractivity contribution in [3.63, 3.8) is 0 Å². The minimum absolute atomic E-state index is 0. The molecule has 0 bridgehead atoms. The van der Waals surface area contributed by atoms with Crippen LogP contribution in [-0.4, -0.2) is 39.5 Å². The summed E-state index contributed by atoms with van der Waals surface area (Å²) in [5.74, 6) is 0. The van der Waals surface area contributed by atoms with Crippen molar-refractivity contribution in [3.05, 3.63) is 0 Å². The monoisotopic (exact) mass is 228 g/mol. The minimum Gasteiger partial charge on any atom is -0.854 e. The molecule has 6 nitrogen and oxygen atoms in total. The summed E-state index contributed by atoms with van der Waals surface area (Å²) in [6.45, 7) is 0.333. The van der Waals surface area contributed by atoms with Crippen molar-refractivity contribution in [3.8, 4) is 0 Å². The summed E-state index contributed by atoms with van der Waals surface area (Å²) >= 11 is 0. The molecule has 6 N–H and O–H groups in total. The third-order valence-electron chi connectivity index (χ3n) is 0.354. The molecule has 7 heteroatoms. The van der Waals surface area contributed by atoms with Gasteiger partial charge in [-0.2, -0.15) is 0 Å². The van der Waals surface area contributed by atoms with Crippen LogP contribution in [0.1, 0.15) is 0 Å². The average molecular weight is 228 g/mol. The van der Waals surface area contributed by atoms with E-state index in [2.05, 4.69) is 0 Å². The van der Waals surface area contributed by atoms with Crippen molar-refractivity contribution >= 4 is 0 Å². The zero-order valence-corrected chi connectivity index (χ0v) is 9.26. The Morgan fingerprint density at radius 3 is 0.692 bits per heavy atom. The van der Waals surface area contributed by atoms with Gasteiger partial charge in [-0.3, -0.25) is 0 Å². The van der Waals surface area contributed by atoms with Gasteiger partial charge < -0.3 is 32.5 Å². The van der Waals surface area contributed by atoms with E-state index in [9.17, 15) is 15.3 Å². The first kappa shape index (κ1) is 23.4. The third kappa shape index (κ3) is 113. The summed E-state index contributed by atoms with van der Waals surface area (Å²) in [4.78, 5) is 0. The van der Waals surface area contributed by atoms with Crippen LogP contribution in [0.4, 0.5) is 0 Å². The van der Waals surface area contributed by atoms with Crippen LogP contribution >= 0.6 is 0 Å². The molecular weight excluding hydrogens is 210 g/mol. The van der Waals surface area contributed by atoms with Gasteiger partial charge in [-0.05, 0) is 19.6 Å². The first-order valence-corrected chi connectivity index (χ1v) is 3.59. The Morgan fingerprint density at radius 2 is 0.692 bits per heavy atom. The van der Waals surface area contributed by atoms with Crippen LogP contribution in [0.15, 0.2) is 0 Å². The second-order valence-corrected chi connectivity index (χ2v) is 1.48. The summed E-state index contributed by atoms with van der Waals surface area (Å²) in [7, 11) is 0. The Bertz CT molecular complexity index is 38.6. The molecule has 0 aliphatic heterocycles. The van der Waals surface area contributed by atoms with E-state index in [0.29, 0.717) is 0 Å². The summed E-state index contributed by atoms with van der Waals surface area (Å²) in [6, 6.07) is 0. The Hall–Kier alpha value is 0.474. The van der Waals surface area contributed by atoms with Crippen molar-refractivity contribution in [1.29, 1.82) is 0 Å². The third-order valence-corrected chi connectivity index (χ3v) is 0.354. The van der Waals surface area contributed by atoms with Gasteiger partial charge in [0.1, 0.15) is 0 Å². The fourth-order valence-electron chi connectivity index (χ4n) is 0. The van der Waals surface area contributed by atoms with Crippen molar-refractivity contribution in [1.82, 2.24) is 0 Å². The molecular formula is C6H18N3O3Ti. The SMILES string of the molecule is NCC[O-].NCC[O-].NCC[O-].[Ti+3]. The number of hydrogen-bond acceptors (Lipinski definition) is 6.